The molecule has 32 heteroatoms. The Kier molecular flexibility index (Phi) is 15.0. The number of fused-ring (bicyclic) bond motifs is 7. The topological polar surface area (TPSA) is 118 Å². The summed E-state index contributed by atoms with van der Waals surface area (Å²) in [4.78, 5) is 0. The van der Waals surface area contributed by atoms with E-state index in [1.807, 2.05) is 0 Å². The summed E-state index contributed by atoms with van der Waals surface area (Å²) < 4.78 is 325. The molecule has 0 aromatic carbocycles. The van der Waals surface area contributed by atoms with Crippen molar-refractivity contribution in [2.45, 2.75) is 96.9 Å². The first-order chi connectivity index (χ1) is 29.3. The molecular formula is C34H34F24O8. The number of hydrogen-bond acceptors (Lipinski definition) is 8. The van der Waals surface area contributed by atoms with E-state index in [1.165, 1.54) is 12.2 Å². The average molecular weight is 1030 g/mol. The van der Waals surface area contributed by atoms with Crippen molar-refractivity contribution in [3.8, 4) is 0 Å². The van der Waals surface area contributed by atoms with Crippen LogP contribution in [0.2, 0.25) is 0 Å². The molecule has 66 heavy (non-hydrogen) atoms. The van der Waals surface area contributed by atoms with Gasteiger partial charge in [0.15, 0.2) is 0 Å². The monoisotopic (exact) mass is 1030 g/mol. The predicted octanol–water partition coefficient (Wildman–Crippen LogP) is 8.09. The van der Waals surface area contributed by atoms with E-state index >= 15 is 0 Å². The number of ether oxygens (including phenoxy) is 4. The molecule has 3 fully saturated rings. The highest BCUT2D eigenvalue weighted by atomic mass is 19.4. The zero-order valence-electron chi connectivity index (χ0n) is 32.2. The van der Waals surface area contributed by atoms with Gasteiger partial charge in [0.2, 0.25) is 0 Å². The van der Waals surface area contributed by atoms with Gasteiger partial charge in [-0.25, -0.2) is 0 Å². The van der Waals surface area contributed by atoms with E-state index < -0.39 is 147 Å². The smallest absolute Gasteiger partial charge is 0.377 e. The van der Waals surface area contributed by atoms with Crippen molar-refractivity contribution in [1.82, 2.24) is 0 Å². The molecule has 5 aliphatic rings. The van der Waals surface area contributed by atoms with Gasteiger partial charge < -0.3 is 39.4 Å². The van der Waals surface area contributed by atoms with Crippen molar-refractivity contribution in [1.29, 1.82) is 0 Å². The number of rotatable bonds is 14. The molecule has 5 rings (SSSR count). The van der Waals surface area contributed by atoms with Crippen LogP contribution in [0.5, 0.6) is 0 Å². The van der Waals surface area contributed by atoms with Crippen molar-refractivity contribution in [2.24, 2.45) is 47.3 Å². The summed E-state index contributed by atoms with van der Waals surface area (Å²) >= 11 is 0. The van der Waals surface area contributed by atoms with Crippen LogP contribution in [0.4, 0.5) is 105 Å². The van der Waals surface area contributed by atoms with Crippen LogP contribution in [0.25, 0.3) is 0 Å². The molecule has 5 aliphatic carbocycles. The van der Waals surface area contributed by atoms with Crippen LogP contribution in [0.1, 0.15) is 12.8 Å². The minimum absolute atomic E-state index is 0.109. The maximum atomic E-state index is 12.8. The molecule has 0 saturated heterocycles. The first-order valence-electron chi connectivity index (χ1n) is 18.5. The number of alkyl halides is 24. The Morgan fingerprint density at radius 1 is 0.333 bits per heavy atom. The van der Waals surface area contributed by atoms with Gasteiger partial charge in [-0.3, -0.25) is 0 Å². The molecule has 0 aromatic heterocycles. The Hall–Kier alpha value is -2.52. The van der Waals surface area contributed by atoms with E-state index in [0.717, 1.165) is 0 Å². The van der Waals surface area contributed by atoms with E-state index in [2.05, 4.69) is 18.9 Å². The fourth-order valence-electron chi connectivity index (χ4n) is 8.58. The molecule has 386 valence electrons. The van der Waals surface area contributed by atoms with Crippen LogP contribution in [0.3, 0.4) is 0 Å². The zero-order valence-corrected chi connectivity index (χ0v) is 32.2. The second kappa shape index (κ2) is 17.7. The van der Waals surface area contributed by atoms with Crippen molar-refractivity contribution in [2.75, 3.05) is 39.6 Å². The van der Waals surface area contributed by atoms with Crippen molar-refractivity contribution in [3.05, 3.63) is 24.3 Å². The van der Waals surface area contributed by atoms with Gasteiger partial charge in [0.1, 0.15) is 0 Å². The minimum atomic E-state index is -6.25. The van der Waals surface area contributed by atoms with E-state index in [1.54, 1.807) is 12.2 Å². The Bertz CT molecular complexity index is 1550. The van der Waals surface area contributed by atoms with Gasteiger partial charge >= 0.3 is 49.4 Å². The maximum Gasteiger partial charge on any atom is 0.428 e. The molecule has 0 aliphatic heterocycles. The summed E-state index contributed by atoms with van der Waals surface area (Å²) in [5.41, 5.74) is -21.0. The third-order valence-electron chi connectivity index (χ3n) is 12.4. The van der Waals surface area contributed by atoms with Crippen molar-refractivity contribution >= 4 is 0 Å². The van der Waals surface area contributed by atoms with Gasteiger partial charge in [-0.1, -0.05) is 24.3 Å². The summed E-state index contributed by atoms with van der Waals surface area (Å²) in [6, 6.07) is 0. The largest absolute Gasteiger partial charge is 0.428 e. The zero-order chi connectivity index (χ0) is 51.1. The van der Waals surface area contributed by atoms with E-state index in [-0.39, 0.29) is 30.1 Å². The number of aliphatic hydroxyl groups is 4. The standard InChI is InChI=1S/C19H20F12O4.C15H14F12O4/c20-16(21,22)14(32,17(23,24)25)6-34-4-10-11(13-9-2-1-8(3-9)12(10)13)5-35-7-15(33,18(26,27)28)19(29,30)31;16-12(17,18)10(28,13(19,20)21)4-30-8-6-1-2-7(3-6)9(8)31-5-11(29,14(22,23)24)15(25,26)27/h1-2,8-13,32-33H,3-7H2;1-2,6-9,28-29H,3-5H2/t8?,9?,10-,11-,12?,13?;/m1./s1. The lowest BCUT2D eigenvalue weighted by Gasteiger charge is -2.53. The van der Waals surface area contributed by atoms with Gasteiger partial charge in [0.05, 0.1) is 51.8 Å². The predicted molar refractivity (Wildman–Crippen MR) is 165 cm³/mol. The van der Waals surface area contributed by atoms with Crippen LogP contribution in [0.15, 0.2) is 24.3 Å². The van der Waals surface area contributed by atoms with Gasteiger partial charge in [-0.05, 0) is 48.3 Å². The minimum Gasteiger partial charge on any atom is -0.377 e. The van der Waals surface area contributed by atoms with Crippen molar-refractivity contribution in [3.63, 3.8) is 0 Å². The molecule has 10 atom stereocenters. The molecule has 0 spiro atoms. The number of allylic oxidation sites excluding steroid dienone is 2. The van der Waals surface area contributed by atoms with Gasteiger partial charge in [0.25, 0.3) is 22.4 Å². The van der Waals surface area contributed by atoms with Gasteiger partial charge in [-0.2, -0.15) is 105 Å². The molecule has 8 nitrogen and oxygen atoms in total. The molecule has 0 amide bonds. The molecule has 4 N–H and O–H groups in total. The van der Waals surface area contributed by atoms with Gasteiger partial charge in [-0.15, -0.1) is 0 Å². The summed E-state index contributed by atoms with van der Waals surface area (Å²) in [7, 11) is 0. The molecule has 0 heterocycles. The summed E-state index contributed by atoms with van der Waals surface area (Å²) in [6.45, 7) is -10.8. The normalized spacial score (nSPS) is 29.9. The lowest BCUT2D eigenvalue weighted by atomic mass is 9.53. The SMILES string of the molecule is OC(COC1C2C=CC(C2)C1OCC(O)(C(F)(F)F)C(F)(F)F)(C(F)(F)F)C(F)(F)F.OC(COC[C@H]1C2C3C=CC(C3)C2[C@@H]1COCC(O)(C(F)(F)F)C(F)(F)F)(C(F)(F)F)C(F)(F)F. The molecular weight excluding hydrogens is 992 g/mol. The highest BCUT2D eigenvalue weighted by Crippen LogP contribution is 2.64. The Morgan fingerprint density at radius 2 is 0.545 bits per heavy atom. The summed E-state index contributed by atoms with van der Waals surface area (Å²) in [5.74, 6) is -4.65. The third-order valence-corrected chi connectivity index (χ3v) is 12.4. The highest BCUT2D eigenvalue weighted by molar-refractivity contribution is 5.21. The molecule has 8 unspecified atom stereocenters. The van der Waals surface area contributed by atoms with Crippen LogP contribution in [-0.2, 0) is 18.9 Å². The van der Waals surface area contributed by atoms with E-state index in [9.17, 15) is 116 Å². The van der Waals surface area contributed by atoms with E-state index in [0.29, 0.717) is 6.42 Å². The molecule has 0 aromatic rings. The molecule has 3 saturated carbocycles. The Labute approximate surface area is 353 Å². The van der Waals surface area contributed by atoms with Crippen LogP contribution < -0.4 is 0 Å². The lowest BCUT2D eigenvalue weighted by molar-refractivity contribution is -0.386. The first-order valence-corrected chi connectivity index (χ1v) is 18.5. The van der Waals surface area contributed by atoms with Crippen LogP contribution >= 0.6 is 0 Å². The third kappa shape index (κ3) is 10.1. The first kappa shape index (κ1) is 56.1. The fraction of sp³-hybridized carbons (Fsp3) is 0.882. The molecule has 0 radical (unpaired) electrons. The van der Waals surface area contributed by atoms with Crippen LogP contribution in [0, 0.1) is 47.3 Å². The maximum absolute atomic E-state index is 12.8. The molecule has 4 bridgehead atoms. The quantitative estimate of drug-likeness (QED) is 0.102. The van der Waals surface area contributed by atoms with E-state index in [4.69, 9.17) is 10.2 Å². The number of hydrogen-bond donors (Lipinski definition) is 4. The number of halogens is 24. The summed E-state index contributed by atoms with van der Waals surface area (Å²) in [5, 5.41) is 36.6. The Morgan fingerprint density at radius 3 is 0.788 bits per heavy atom. The van der Waals surface area contributed by atoms with Crippen LogP contribution in [-0.4, -0.2) is 144 Å². The van der Waals surface area contributed by atoms with Gasteiger partial charge in [0, 0.05) is 11.8 Å². The average Bonchev–Trinajstić information content (AvgIpc) is 3.90. The Balaban J connectivity index is 0.000000291. The fourth-order valence-corrected chi connectivity index (χ4v) is 8.58. The second-order valence-corrected chi connectivity index (χ2v) is 16.4. The lowest BCUT2D eigenvalue weighted by Crippen LogP contribution is -2.61. The van der Waals surface area contributed by atoms with Crippen molar-refractivity contribution < 1.29 is 145 Å². The summed E-state index contributed by atoms with van der Waals surface area (Å²) in [6.07, 6.45) is -46.7. The second-order valence-electron chi connectivity index (χ2n) is 16.4. The highest BCUT2D eigenvalue weighted by Gasteiger charge is 2.74.